The van der Waals surface area contributed by atoms with E-state index in [4.69, 9.17) is 4.74 Å². The van der Waals surface area contributed by atoms with Crippen molar-refractivity contribution in [1.82, 2.24) is 10.2 Å². The summed E-state index contributed by atoms with van der Waals surface area (Å²) < 4.78 is 32.3. The molecule has 2 saturated heterocycles. The van der Waals surface area contributed by atoms with Gasteiger partial charge in [-0.3, -0.25) is 9.59 Å². The van der Waals surface area contributed by atoms with Crippen LogP contribution < -0.4 is 5.32 Å². The third kappa shape index (κ3) is 3.42. The summed E-state index contributed by atoms with van der Waals surface area (Å²) in [6, 6.07) is 11.1. The van der Waals surface area contributed by atoms with Crippen LogP contribution in [0.4, 0.5) is 8.78 Å². The number of benzene rings is 2. The van der Waals surface area contributed by atoms with E-state index in [2.05, 4.69) is 5.32 Å². The quantitative estimate of drug-likeness (QED) is 0.878. The molecule has 0 aliphatic carbocycles. The summed E-state index contributed by atoms with van der Waals surface area (Å²) in [5.74, 6) is -1.44. The van der Waals surface area contributed by atoms with Crippen LogP contribution in [0, 0.1) is 11.6 Å². The molecule has 0 spiro atoms. The average Bonchev–Trinajstić information content (AvgIpc) is 2.92. The van der Waals surface area contributed by atoms with Crippen molar-refractivity contribution in [3.8, 4) is 0 Å². The van der Waals surface area contributed by atoms with E-state index in [1.807, 2.05) is 0 Å². The third-order valence-corrected chi connectivity index (χ3v) is 5.13. The monoisotopic (exact) mass is 372 g/mol. The second kappa shape index (κ2) is 7.08. The summed E-state index contributed by atoms with van der Waals surface area (Å²) in [6.45, 7) is 0.554. The van der Waals surface area contributed by atoms with E-state index in [1.54, 1.807) is 17.0 Å². The molecule has 0 unspecified atom stereocenters. The van der Waals surface area contributed by atoms with E-state index in [9.17, 15) is 18.4 Å². The van der Waals surface area contributed by atoms with Crippen LogP contribution in [0.25, 0.3) is 0 Å². The van der Waals surface area contributed by atoms with Crippen LogP contribution in [0.3, 0.4) is 0 Å². The number of hydrogen-bond acceptors (Lipinski definition) is 3. The van der Waals surface area contributed by atoms with Gasteiger partial charge in [-0.1, -0.05) is 12.1 Å². The molecule has 2 aliphatic heterocycles. The lowest BCUT2D eigenvalue weighted by Crippen LogP contribution is -2.45. The standard InChI is InChI=1S/C20H18F2N2O3/c21-14-5-1-12(2-6-14)16-10-24(17-9-23-18(25)11-27-19(16)17)20(26)13-3-7-15(22)8-4-13/h1-8,16-17,19H,9-11H2,(H,23,25)/t16-,17-,19-/m1/s1. The number of likely N-dealkylation sites (tertiary alicyclic amines) is 1. The molecule has 140 valence electrons. The van der Waals surface area contributed by atoms with Crippen molar-refractivity contribution >= 4 is 11.8 Å². The van der Waals surface area contributed by atoms with Crippen molar-refractivity contribution in [2.45, 2.75) is 18.1 Å². The molecular weight excluding hydrogens is 354 g/mol. The molecule has 4 rings (SSSR count). The van der Waals surface area contributed by atoms with Crippen LogP contribution in [0.1, 0.15) is 21.8 Å². The Hall–Kier alpha value is -2.80. The van der Waals surface area contributed by atoms with E-state index < -0.39 is 5.82 Å². The van der Waals surface area contributed by atoms with E-state index in [1.165, 1.54) is 36.4 Å². The third-order valence-electron chi connectivity index (χ3n) is 5.13. The lowest BCUT2D eigenvalue weighted by molar-refractivity contribution is -0.125. The molecule has 0 radical (unpaired) electrons. The Labute approximate surface area is 154 Å². The fraction of sp³-hybridized carbons (Fsp3) is 0.300. The van der Waals surface area contributed by atoms with Gasteiger partial charge in [0, 0.05) is 24.6 Å². The fourth-order valence-corrected chi connectivity index (χ4v) is 3.79. The highest BCUT2D eigenvalue weighted by molar-refractivity contribution is 5.95. The Morgan fingerprint density at radius 3 is 2.33 bits per heavy atom. The average molecular weight is 372 g/mol. The van der Waals surface area contributed by atoms with Gasteiger partial charge < -0.3 is 15.0 Å². The zero-order valence-electron chi connectivity index (χ0n) is 14.4. The predicted octanol–water partition coefficient (Wildman–Crippen LogP) is 2.09. The number of carbonyl (C=O) groups is 2. The Kier molecular flexibility index (Phi) is 4.61. The molecule has 0 aromatic heterocycles. The zero-order valence-corrected chi connectivity index (χ0v) is 14.4. The van der Waals surface area contributed by atoms with Gasteiger partial charge >= 0.3 is 0 Å². The first-order valence-corrected chi connectivity index (χ1v) is 8.73. The van der Waals surface area contributed by atoms with Crippen molar-refractivity contribution < 1.29 is 23.1 Å². The van der Waals surface area contributed by atoms with Crippen LogP contribution in [0.5, 0.6) is 0 Å². The van der Waals surface area contributed by atoms with Gasteiger partial charge in [0.15, 0.2) is 0 Å². The minimum absolute atomic E-state index is 0.0859. The number of fused-ring (bicyclic) bond motifs is 1. The lowest BCUT2D eigenvalue weighted by Gasteiger charge is -2.26. The topological polar surface area (TPSA) is 58.6 Å². The van der Waals surface area contributed by atoms with Gasteiger partial charge in [-0.25, -0.2) is 8.78 Å². The molecule has 1 N–H and O–H groups in total. The van der Waals surface area contributed by atoms with Gasteiger partial charge in [0.25, 0.3) is 5.91 Å². The number of halogens is 2. The number of carbonyl (C=O) groups excluding carboxylic acids is 2. The summed E-state index contributed by atoms with van der Waals surface area (Å²) in [4.78, 5) is 26.4. The molecule has 5 nitrogen and oxygen atoms in total. The maximum absolute atomic E-state index is 13.3. The molecule has 0 bridgehead atoms. The number of rotatable bonds is 2. The molecule has 2 amide bonds. The highest BCUT2D eigenvalue weighted by Gasteiger charge is 2.46. The second-order valence-electron chi connectivity index (χ2n) is 6.77. The minimum Gasteiger partial charge on any atom is -0.365 e. The number of nitrogens with one attached hydrogen (secondary N) is 1. The van der Waals surface area contributed by atoms with Gasteiger partial charge in [-0.2, -0.15) is 0 Å². The molecule has 7 heteroatoms. The molecule has 2 aromatic carbocycles. The van der Waals surface area contributed by atoms with Crippen LogP contribution in [0.15, 0.2) is 48.5 Å². The largest absolute Gasteiger partial charge is 0.365 e. The molecule has 2 aliphatic rings. The van der Waals surface area contributed by atoms with Gasteiger partial charge in [0.2, 0.25) is 5.91 Å². The fourth-order valence-electron chi connectivity index (χ4n) is 3.79. The maximum atomic E-state index is 13.3. The SMILES string of the molecule is O=C1CO[C@@H]2[C@@H](c3ccc(F)cc3)CN(C(=O)c3ccc(F)cc3)[C@@H]2CN1. The summed E-state index contributed by atoms with van der Waals surface area (Å²) in [7, 11) is 0. The van der Waals surface area contributed by atoms with Gasteiger partial charge in [0.05, 0.1) is 12.1 Å². The first-order chi connectivity index (χ1) is 13.0. The van der Waals surface area contributed by atoms with Gasteiger partial charge in [-0.15, -0.1) is 0 Å². The van der Waals surface area contributed by atoms with Gasteiger partial charge in [-0.05, 0) is 42.0 Å². The van der Waals surface area contributed by atoms with Crippen molar-refractivity contribution in [2.75, 3.05) is 19.7 Å². The van der Waals surface area contributed by atoms with Crippen LogP contribution in [-0.4, -0.2) is 48.6 Å². The van der Waals surface area contributed by atoms with Crippen LogP contribution >= 0.6 is 0 Å². The maximum Gasteiger partial charge on any atom is 0.254 e. The van der Waals surface area contributed by atoms with E-state index in [0.717, 1.165) is 5.56 Å². The first kappa shape index (κ1) is 17.6. The first-order valence-electron chi connectivity index (χ1n) is 8.73. The normalized spacial score (nSPS) is 24.9. The summed E-state index contributed by atoms with van der Waals surface area (Å²) >= 11 is 0. The van der Waals surface area contributed by atoms with E-state index in [-0.39, 0.29) is 48.8 Å². The van der Waals surface area contributed by atoms with E-state index >= 15 is 0 Å². The summed E-state index contributed by atoms with van der Waals surface area (Å²) in [6.07, 6.45) is -0.390. The van der Waals surface area contributed by atoms with Gasteiger partial charge in [0.1, 0.15) is 18.2 Å². The molecule has 3 atom stereocenters. The number of nitrogens with zero attached hydrogens (tertiary/aromatic N) is 1. The van der Waals surface area contributed by atoms with Crippen molar-refractivity contribution in [3.05, 3.63) is 71.3 Å². The van der Waals surface area contributed by atoms with Crippen molar-refractivity contribution in [2.24, 2.45) is 0 Å². The number of hydrogen-bond donors (Lipinski definition) is 1. The zero-order chi connectivity index (χ0) is 19.0. The van der Waals surface area contributed by atoms with Crippen molar-refractivity contribution in [1.29, 1.82) is 0 Å². The molecule has 2 aromatic rings. The van der Waals surface area contributed by atoms with Crippen LogP contribution in [-0.2, 0) is 9.53 Å². The highest BCUT2D eigenvalue weighted by Crippen LogP contribution is 2.36. The molecule has 2 fully saturated rings. The Balaban J connectivity index is 1.66. The number of ether oxygens (including phenoxy) is 1. The number of amides is 2. The van der Waals surface area contributed by atoms with Crippen LogP contribution in [0.2, 0.25) is 0 Å². The van der Waals surface area contributed by atoms with E-state index in [0.29, 0.717) is 12.1 Å². The molecular formula is C20H18F2N2O3. The summed E-state index contributed by atoms with van der Waals surface area (Å²) in [5.41, 5.74) is 1.21. The van der Waals surface area contributed by atoms with Crippen molar-refractivity contribution in [3.63, 3.8) is 0 Å². The smallest absolute Gasteiger partial charge is 0.254 e. The Morgan fingerprint density at radius 2 is 1.67 bits per heavy atom. The molecule has 2 heterocycles. The molecule has 0 saturated carbocycles. The molecule has 27 heavy (non-hydrogen) atoms. The summed E-state index contributed by atoms with van der Waals surface area (Å²) in [5, 5.41) is 2.76. The predicted molar refractivity (Wildman–Crippen MR) is 93.1 cm³/mol. The lowest BCUT2D eigenvalue weighted by atomic mass is 9.93. The highest BCUT2D eigenvalue weighted by atomic mass is 19.1. The minimum atomic E-state index is -0.417. The second-order valence-corrected chi connectivity index (χ2v) is 6.77. The Bertz CT molecular complexity index is 855. The Morgan fingerprint density at radius 1 is 1.04 bits per heavy atom.